The first kappa shape index (κ1) is 17.0. The van der Waals surface area contributed by atoms with E-state index in [9.17, 15) is 5.26 Å². The maximum absolute atomic E-state index is 9.33. The molecule has 0 saturated carbocycles. The van der Waals surface area contributed by atoms with Gasteiger partial charge in [-0.2, -0.15) is 5.26 Å². The van der Waals surface area contributed by atoms with Gasteiger partial charge in [0.05, 0.1) is 28.7 Å². The Hall–Kier alpha value is -2.42. The zero-order valence-corrected chi connectivity index (χ0v) is 16.5. The second kappa shape index (κ2) is 6.08. The number of benzene rings is 2. The summed E-state index contributed by atoms with van der Waals surface area (Å²) in [6.45, 7) is 3.80. The molecule has 2 heterocycles. The van der Waals surface area contributed by atoms with Crippen LogP contribution in [-0.2, 0) is 5.41 Å². The van der Waals surface area contributed by atoms with Gasteiger partial charge in [0.15, 0.2) is 0 Å². The van der Waals surface area contributed by atoms with Crippen molar-refractivity contribution in [1.82, 2.24) is 14.5 Å². The molecule has 0 aliphatic carbocycles. The standard InChI is InChI=1S/C20H14BrClN4/c1-20(2,11-23)12-3-6-14(7-4-12)26-18-15-9-13(21)5-8-16(15)24-10-17(18)25-19(26)22/h3-10H,1-2H3. The van der Waals surface area contributed by atoms with E-state index in [4.69, 9.17) is 11.6 Å². The van der Waals surface area contributed by atoms with Crippen molar-refractivity contribution in [1.29, 1.82) is 5.26 Å². The van der Waals surface area contributed by atoms with Crippen LogP contribution < -0.4 is 0 Å². The second-order valence-electron chi connectivity index (χ2n) is 6.65. The molecule has 0 saturated heterocycles. The van der Waals surface area contributed by atoms with Gasteiger partial charge in [0.25, 0.3) is 0 Å². The van der Waals surface area contributed by atoms with Crippen molar-refractivity contribution in [2.45, 2.75) is 19.3 Å². The number of fused-ring (bicyclic) bond motifs is 3. The van der Waals surface area contributed by atoms with E-state index in [0.717, 1.165) is 37.7 Å². The van der Waals surface area contributed by atoms with E-state index >= 15 is 0 Å². The van der Waals surface area contributed by atoms with E-state index in [2.05, 4.69) is 32.0 Å². The summed E-state index contributed by atoms with van der Waals surface area (Å²) in [5.74, 6) is 0. The SMILES string of the molecule is CC(C)(C#N)c1ccc(-n2c(Cl)nc3cnc4ccc(Br)cc4c32)cc1. The Morgan fingerprint density at radius 2 is 1.85 bits per heavy atom. The van der Waals surface area contributed by atoms with Crippen LogP contribution in [0.15, 0.2) is 53.1 Å². The van der Waals surface area contributed by atoms with Gasteiger partial charge in [-0.25, -0.2) is 4.98 Å². The molecule has 128 valence electrons. The monoisotopic (exact) mass is 424 g/mol. The normalized spacial score (nSPS) is 11.8. The van der Waals surface area contributed by atoms with E-state index in [1.807, 2.05) is 60.9 Å². The van der Waals surface area contributed by atoms with Crippen LogP contribution in [0.3, 0.4) is 0 Å². The van der Waals surface area contributed by atoms with Gasteiger partial charge in [0.1, 0.15) is 5.52 Å². The van der Waals surface area contributed by atoms with Crippen molar-refractivity contribution in [3.8, 4) is 11.8 Å². The van der Waals surface area contributed by atoms with Crippen LogP contribution in [-0.4, -0.2) is 14.5 Å². The van der Waals surface area contributed by atoms with Crippen molar-refractivity contribution in [3.05, 3.63) is 64.0 Å². The predicted molar refractivity (Wildman–Crippen MR) is 108 cm³/mol. The van der Waals surface area contributed by atoms with Crippen LogP contribution >= 0.6 is 27.5 Å². The number of pyridine rings is 1. The average Bonchev–Trinajstić information content (AvgIpc) is 2.98. The lowest BCUT2D eigenvalue weighted by molar-refractivity contribution is 0.686. The first-order valence-corrected chi connectivity index (χ1v) is 9.22. The summed E-state index contributed by atoms with van der Waals surface area (Å²) >= 11 is 9.98. The fourth-order valence-electron chi connectivity index (χ4n) is 3.03. The predicted octanol–water partition coefficient (Wildman–Crippen LogP) is 5.79. The fraction of sp³-hybridized carbons (Fsp3) is 0.150. The lowest BCUT2D eigenvalue weighted by Crippen LogP contribution is -2.13. The molecule has 2 aromatic carbocycles. The van der Waals surface area contributed by atoms with E-state index < -0.39 is 5.41 Å². The third-order valence-electron chi connectivity index (χ3n) is 4.53. The number of aromatic nitrogens is 3. The minimum atomic E-state index is -0.541. The number of halogens is 2. The van der Waals surface area contributed by atoms with E-state index in [1.54, 1.807) is 6.20 Å². The van der Waals surface area contributed by atoms with Gasteiger partial charge in [-0.3, -0.25) is 9.55 Å². The second-order valence-corrected chi connectivity index (χ2v) is 7.91. The molecule has 0 bridgehead atoms. The molecule has 26 heavy (non-hydrogen) atoms. The van der Waals surface area contributed by atoms with Crippen LogP contribution in [0.4, 0.5) is 0 Å². The number of imidazole rings is 1. The van der Waals surface area contributed by atoms with Crippen LogP contribution in [0.5, 0.6) is 0 Å². The number of hydrogen-bond acceptors (Lipinski definition) is 3. The Bertz CT molecular complexity index is 1190. The smallest absolute Gasteiger partial charge is 0.208 e. The third-order valence-corrected chi connectivity index (χ3v) is 5.28. The Morgan fingerprint density at radius 1 is 1.12 bits per heavy atom. The molecule has 0 N–H and O–H groups in total. The van der Waals surface area contributed by atoms with Crippen molar-refractivity contribution in [2.24, 2.45) is 0 Å². The molecular formula is C20H14BrClN4. The summed E-state index contributed by atoms with van der Waals surface area (Å²) < 4.78 is 2.88. The molecule has 4 rings (SSSR count). The summed E-state index contributed by atoms with van der Waals surface area (Å²) in [5.41, 5.74) is 3.83. The first-order chi connectivity index (χ1) is 12.4. The molecule has 0 amide bonds. The molecule has 4 nitrogen and oxygen atoms in total. The van der Waals surface area contributed by atoms with Crippen LogP contribution in [0.1, 0.15) is 19.4 Å². The van der Waals surface area contributed by atoms with Crippen LogP contribution in [0.25, 0.3) is 27.6 Å². The van der Waals surface area contributed by atoms with Gasteiger partial charge in [0, 0.05) is 15.5 Å². The summed E-state index contributed by atoms with van der Waals surface area (Å²) in [4.78, 5) is 8.92. The van der Waals surface area contributed by atoms with Gasteiger partial charge < -0.3 is 0 Å². The molecule has 0 aliphatic rings. The molecule has 0 spiro atoms. The Balaban J connectivity index is 1.98. The molecule has 0 aliphatic heterocycles. The maximum atomic E-state index is 9.33. The van der Waals surface area contributed by atoms with Gasteiger partial charge in [-0.1, -0.05) is 28.1 Å². The largest absolute Gasteiger partial charge is 0.282 e. The lowest BCUT2D eigenvalue weighted by Gasteiger charge is -2.16. The van der Waals surface area contributed by atoms with Gasteiger partial charge >= 0.3 is 0 Å². The minimum absolute atomic E-state index is 0.376. The molecule has 0 radical (unpaired) electrons. The minimum Gasteiger partial charge on any atom is -0.282 e. The Kier molecular flexibility index (Phi) is 3.98. The van der Waals surface area contributed by atoms with E-state index in [-0.39, 0.29) is 0 Å². The zero-order valence-electron chi connectivity index (χ0n) is 14.2. The Labute approximate surface area is 164 Å². The number of rotatable bonds is 2. The molecule has 6 heteroatoms. The van der Waals surface area contributed by atoms with E-state index in [1.165, 1.54) is 0 Å². The third kappa shape index (κ3) is 2.66. The highest BCUT2D eigenvalue weighted by atomic mass is 79.9. The van der Waals surface area contributed by atoms with E-state index in [0.29, 0.717) is 5.28 Å². The fourth-order valence-corrected chi connectivity index (χ4v) is 3.66. The summed E-state index contributed by atoms with van der Waals surface area (Å²) in [5, 5.41) is 10.7. The summed E-state index contributed by atoms with van der Waals surface area (Å²) in [7, 11) is 0. The molecule has 4 aromatic rings. The zero-order chi connectivity index (χ0) is 18.5. The quantitative estimate of drug-likeness (QED) is 0.408. The average molecular weight is 426 g/mol. The number of nitriles is 1. The van der Waals surface area contributed by atoms with Crippen molar-refractivity contribution in [3.63, 3.8) is 0 Å². The molecule has 0 atom stereocenters. The first-order valence-electron chi connectivity index (χ1n) is 8.05. The summed E-state index contributed by atoms with van der Waals surface area (Å²) in [6, 6.07) is 16.1. The lowest BCUT2D eigenvalue weighted by atomic mass is 9.86. The molecular weight excluding hydrogens is 412 g/mol. The van der Waals surface area contributed by atoms with Gasteiger partial charge in [0.2, 0.25) is 5.28 Å². The van der Waals surface area contributed by atoms with Crippen molar-refractivity contribution >= 4 is 49.5 Å². The number of nitrogens with zero attached hydrogens (tertiary/aromatic N) is 4. The Morgan fingerprint density at radius 3 is 2.54 bits per heavy atom. The van der Waals surface area contributed by atoms with Gasteiger partial charge in [-0.05, 0) is 61.3 Å². The topological polar surface area (TPSA) is 54.5 Å². The van der Waals surface area contributed by atoms with Crippen LogP contribution in [0, 0.1) is 11.3 Å². The molecule has 0 fully saturated rings. The highest BCUT2D eigenvalue weighted by Crippen LogP contribution is 2.32. The van der Waals surface area contributed by atoms with Crippen molar-refractivity contribution in [2.75, 3.05) is 0 Å². The highest BCUT2D eigenvalue weighted by molar-refractivity contribution is 9.10. The number of hydrogen-bond donors (Lipinski definition) is 0. The summed E-state index contributed by atoms with van der Waals surface area (Å²) in [6.07, 6.45) is 1.74. The maximum Gasteiger partial charge on any atom is 0.208 e. The molecule has 2 aromatic heterocycles. The van der Waals surface area contributed by atoms with Crippen molar-refractivity contribution < 1.29 is 0 Å². The van der Waals surface area contributed by atoms with Crippen LogP contribution in [0.2, 0.25) is 5.28 Å². The highest BCUT2D eigenvalue weighted by Gasteiger charge is 2.20. The van der Waals surface area contributed by atoms with Gasteiger partial charge in [-0.15, -0.1) is 0 Å². The molecule has 0 unspecified atom stereocenters.